The van der Waals surface area contributed by atoms with Crippen LogP contribution < -0.4 is 10.7 Å². The van der Waals surface area contributed by atoms with E-state index in [1.807, 2.05) is 30.3 Å². The maximum atomic E-state index is 12.3. The van der Waals surface area contributed by atoms with Crippen LogP contribution in [0.4, 0.5) is 5.69 Å². The van der Waals surface area contributed by atoms with Gasteiger partial charge in [-0.25, -0.2) is 4.68 Å². The van der Waals surface area contributed by atoms with Gasteiger partial charge in [0.25, 0.3) is 5.91 Å². The summed E-state index contributed by atoms with van der Waals surface area (Å²) in [7, 11) is 0. The molecule has 0 bridgehead atoms. The molecule has 0 spiro atoms. The fraction of sp³-hybridized carbons (Fsp3) is 0. The van der Waals surface area contributed by atoms with Crippen molar-refractivity contribution in [1.82, 2.24) is 9.78 Å². The highest BCUT2D eigenvalue weighted by atomic mass is 16.3. The number of rotatable bonds is 3. The molecule has 0 saturated heterocycles. The van der Waals surface area contributed by atoms with Crippen LogP contribution in [-0.2, 0) is 0 Å². The van der Waals surface area contributed by atoms with Crippen LogP contribution in [0.1, 0.15) is 10.5 Å². The van der Waals surface area contributed by atoms with E-state index in [-0.39, 0.29) is 11.4 Å². The lowest BCUT2D eigenvalue weighted by Gasteiger charge is -2.08. The molecule has 1 heterocycles. The Morgan fingerprint density at radius 1 is 1.04 bits per heavy atom. The fourth-order valence-electron chi connectivity index (χ4n) is 2.06. The van der Waals surface area contributed by atoms with Gasteiger partial charge in [0, 0.05) is 24.0 Å². The monoisotopic (exact) mass is 307 g/mol. The number of para-hydroxylation sites is 1. The molecule has 3 aromatic rings. The minimum Gasteiger partial charge on any atom is -0.508 e. The standard InChI is InChI=1S/C17H13N3O3/c21-14-8-4-5-12(11-14)18-17(23)16-15(22)9-10-20(19-16)13-6-2-1-3-7-13/h1-11,21H,(H,18,23). The summed E-state index contributed by atoms with van der Waals surface area (Å²) in [5.74, 6) is -0.614. The van der Waals surface area contributed by atoms with Crippen molar-refractivity contribution in [2.45, 2.75) is 0 Å². The van der Waals surface area contributed by atoms with Gasteiger partial charge in [0.1, 0.15) is 5.75 Å². The molecule has 0 fully saturated rings. The van der Waals surface area contributed by atoms with E-state index < -0.39 is 11.3 Å². The largest absolute Gasteiger partial charge is 0.508 e. The highest BCUT2D eigenvalue weighted by Crippen LogP contribution is 2.15. The summed E-state index contributed by atoms with van der Waals surface area (Å²) in [6.45, 7) is 0. The van der Waals surface area contributed by atoms with Gasteiger partial charge in [0.05, 0.1) is 5.69 Å². The van der Waals surface area contributed by atoms with Gasteiger partial charge in [0.2, 0.25) is 5.43 Å². The number of hydrogen-bond donors (Lipinski definition) is 2. The maximum absolute atomic E-state index is 12.3. The predicted molar refractivity (Wildman–Crippen MR) is 85.9 cm³/mol. The van der Waals surface area contributed by atoms with E-state index in [4.69, 9.17) is 0 Å². The second-order valence-corrected chi connectivity index (χ2v) is 4.81. The summed E-state index contributed by atoms with van der Waals surface area (Å²) in [6, 6.07) is 16.5. The van der Waals surface area contributed by atoms with E-state index in [1.165, 1.54) is 29.1 Å². The van der Waals surface area contributed by atoms with Gasteiger partial charge in [-0.1, -0.05) is 24.3 Å². The van der Waals surface area contributed by atoms with Gasteiger partial charge in [-0.3, -0.25) is 9.59 Å². The lowest BCUT2D eigenvalue weighted by atomic mass is 10.2. The summed E-state index contributed by atoms with van der Waals surface area (Å²) in [4.78, 5) is 24.2. The lowest BCUT2D eigenvalue weighted by Crippen LogP contribution is -2.25. The number of amides is 1. The van der Waals surface area contributed by atoms with Crippen LogP contribution in [0.2, 0.25) is 0 Å². The molecule has 0 atom stereocenters. The first-order valence-corrected chi connectivity index (χ1v) is 6.89. The van der Waals surface area contributed by atoms with E-state index in [9.17, 15) is 14.7 Å². The molecule has 0 aliphatic heterocycles. The summed E-state index contributed by atoms with van der Waals surface area (Å²) < 4.78 is 1.46. The summed E-state index contributed by atoms with van der Waals surface area (Å²) in [6.07, 6.45) is 1.50. The topological polar surface area (TPSA) is 84.2 Å². The number of phenols is 1. The number of benzene rings is 2. The fourth-order valence-corrected chi connectivity index (χ4v) is 2.06. The van der Waals surface area contributed by atoms with Crippen molar-refractivity contribution in [3.05, 3.63) is 82.8 Å². The Kier molecular flexibility index (Phi) is 3.88. The average Bonchev–Trinajstić information content (AvgIpc) is 2.56. The van der Waals surface area contributed by atoms with Crippen LogP contribution in [0.25, 0.3) is 5.69 Å². The maximum Gasteiger partial charge on any atom is 0.280 e. The number of aromatic hydroxyl groups is 1. The number of carbonyl (C=O) groups is 1. The van der Waals surface area contributed by atoms with Crippen molar-refractivity contribution in [2.24, 2.45) is 0 Å². The van der Waals surface area contributed by atoms with Crippen molar-refractivity contribution in [3.8, 4) is 11.4 Å². The molecule has 1 amide bonds. The Balaban J connectivity index is 1.93. The lowest BCUT2D eigenvalue weighted by molar-refractivity contribution is 0.101. The van der Waals surface area contributed by atoms with E-state index >= 15 is 0 Å². The van der Waals surface area contributed by atoms with Gasteiger partial charge in [0.15, 0.2) is 5.69 Å². The molecule has 3 rings (SSSR count). The Morgan fingerprint density at radius 3 is 2.57 bits per heavy atom. The van der Waals surface area contributed by atoms with Crippen molar-refractivity contribution in [1.29, 1.82) is 0 Å². The van der Waals surface area contributed by atoms with Crippen LogP contribution in [0.15, 0.2) is 71.7 Å². The smallest absolute Gasteiger partial charge is 0.280 e. The number of anilines is 1. The Hall–Kier alpha value is -3.41. The average molecular weight is 307 g/mol. The van der Waals surface area contributed by atoms with Crippen LogP contribution in [0.5, 0.6) is 5.75 Å². The zero-order chi connectivity index (χ0) is 16.2. The van der Waals surface area contributed by atoms with E-state index in [2.05, 4.69) is 10.4 Å². The molecule has 6 heteroatoms. The van der Waals surface area contributed by atoms with Gasteiger partial charge in [-0.05, 0) is 24.3 Å². The van der Waals surface area contributed by atoms with Crippen LogP contribution in [0, 0.1) is 0 Å². The van der Waals surface area contributed by atoms with E-state index in [1.54, 1.807) is 12.1 Å². The second kappa shape index (κ2) is 6.15. The van der Waals surface area contributed by atoms with Gasteiger partial charge in [-0.2, -0.15) is 5.10 Å². The van der Waals surface area contributed by atoms with Crippen molar-refractivity contribution >= 4 is 11.6 Å². The van der Waals surface area contributed by atoms with Crippen LogP contribution in [0.3, 0.4) is 0 Å². The third-order valence-electron chi connectivity index (χ3n) is 3.15. The van der Waals surface area contributed by atoms with Gasteiger partial charge < -0.3 is 10.4 Å². The zero-order valence-electron chi connectivity index (χ0n) is 12.0. The number of nitrogens with zero attached hydrogens (tertiary/aromatic N) is 2. The summed E-state index contributed by atoms with van der Waals surface area (Å²) in [5.41, 5.74) is 0.416. The number of nitrogens with one attached hydrogen (secondary N) is 1. The highest BCUT2D eigenvalue weighted by Gasteiger charge is 2.13. The summed E-state index contributed by atoms with van der Waals surface area (Å²) >= 11 is 0. The molecule has 0 unspecified atom stereocenters. The second-order valence-electron chi connectivity index (χ2n) is 4.81. The van der Waals surface area contributed by atoms with E-state index in [0.29, 0.717) is 5.69 Å². The molecule has 2 N–H and O–H groups in total. The minimum absolute atomic E-state index is 0.0190. The van der Waals surface area contributed by atoms with Crippen molar-refractivity contribution in [2.75, 3.05) is 5.32 Å². The molecular formula is C17H13N3O3. The van der Waals surface area contributed by atoms with Crippen molar-refractivity contribution < 1.29 is 9.90 Å². The first-order chi connectivity index (χ1) is 11.1. The Morgan fingerprint density at radius 2 is 1.83 bits per heavy atom. The molecule has 0 saturated carbocycles. The molecule has 0 aliphatic rings. The molecule has 114 valence electrons. The van der Waals surface area contributed by atoms with Crippen molar-refractivity contribution in [3.63, 3.8) is 0 Å². The molecule has 0 radical (unpaired) electrons. The number of aromatic nitrogens is 2. The molecule has 2 aromatic carbocycles. The third kappa shape index (κ3) is 3.26. The van der Waals surface area contributed by atoms with Gasteiger partial charge >= 0.3 is 0 Å². The number of hydrogen-bond acceptors (Lipinski definition) is 4. The minimum atomic E-state index is -0.633. The number of carbonyl (C=O) groups excluding carboxylic acids is 1. The first kappa shape index (κ1) is 14.5. The third-order valence-corrected chi connectivity index (χ3v) is 3.15. The normalized spacial score (nSPS) is 10.3. The molecule has 6 nitrogen and oxygen atoms in total. The highest BCUT2D eigenvalue weighted by molar-refractivity contribution is 6.02. The van der Waals surface area contributed by atoms with E-state index in [0.717, 1.165) is 5.69 Å². The molecule has 23 heavy (non-hydrogen) atoms. The molecule has 1 aromatic heterocycles. The Labute approximate surface area is 131 Å². The Bertz CT molecular complexity index is 904. The van der Waals surface area contributed by atoms with Crippen LogP contribution >= 0.6 is 0 Å². The molecular weight excluding hydrogens is 294 g/mol. The predicted octanol–water partition coefficient (Wildman–Crippen LogP) is 2.19. The SMILES string of the molecule is O=C(Nc1cccc(O)c1)c1nn(-c2ccccc2)ccc1=O. The quantitative estimate of drug-likeness (QED) is 0.777. The molecule has 0 aliphatic carbocycles. The first-order valence-electron chi connectivity index (χ1n) is 6.89. The van der Waals surface area contributed by atoms with Gasteiger partial charge in [-0.15, -0.1) is 0 Å². The zero-order valence-corrected chi connectivity index (χ0v) is 12.0. The summed E-state index contributed by atoms with van der Waals surface area (Å²) in [5, 5.41) is 16.0. The van der Waals surface area contributed by atoms with Crippen LogP contribution in [-0.4, -0.2) is 20.8 Å². The number of phenolic OH excluding ortho intramolecular Hbond substituents is 1.